The van der Waals surface area contributed by atoms with Gasteiger partial charge in [0.25, 0.3) is 0 Å². The van der Waals surface area contributed by atoms with Gasteiger partial charge in [-0.25, -0.2) is 4.99 Å². The molecule has 1 aliphatic carbocycles. The molecule has 2 aromatic carbocycles. The fourth-order valence-corrected chi connectivity index (χ4v) is 6.25. The number of likely N-dealkylation sites (tertiary alicyclic amines) is 1. The smallest absolute Gasteiger partial charge is 0.147 e. The number of hydrogen-bond acceptors (Lipinski definition) is 5. The Morgan fingerprint density at radius 3 is 2.70 bits per heavy atom. The Balaban J connectivity index is 1.18. The first-order valence-electron chi connectivity index (χ1n) is 13.7. The molecule has 190 valence electrons. The van der Waals surface area contributed by atoms with E-state index in [4.69, 9.17) is 10.8 Å². The van der Waals surface area contributed by atoms with E-state index in [0.717, 1.165) is 52.5 Å². The van der Waals surface area contributed by atoms with Crippen LogP contribution in [-0.2, 0) is 13.0 Å². The fraction of sp³-hybridized carbons (Fsp3) is 0.400. The summed E-state index contributed by atoms with van der Waals surface area (Å²) in [5.74, 6) is 2.18. The van der Waals surface area contributed by atoms with Gasteiger partial charge in [-0.2, -0.15) is 5.10 Å². The molecule has 4 aromatic rings. The summed E-state index contributed by atoms with van der Waals surface area (Å²) in [5.41, 5.74) is 16.9. The van der Waals surface area contributed by atoms with Crippen molar-refractivity contribution in [2.75, 3.05) is 25.1 Å². The van der Waals surface area contributed by atoms with Crippen LogP contribution in [0.25, 0.3) is 22.0 Å². The largest absolute Gasteiger partial charge is 0.382 e. The Morgan fingerprint density at radius 1 is 1.03 bits per heavy atom. The Kier molecular flexibility index (Phi) is 5.54. The van der Waals surface area contributed by atoms with Gasteiger partial charge in [-0.05, 0) is 80.8 Å². The van der Waals surface area contributed by atoms with Gasteiger partial charge >= 0.3 is 0 Å². The summed E-state index contributed by atoms with van der Waals surface area (Å²) in [5, 5.41) is 6.03. The van der Waals surface area contributed by atoms with Gasteiger partial charge in [-0.1, -0.05) is 42.5 Å². The molecule has 3 atom stereocenters. The van der Waals surface area contributed by atoms with Gasteiger partial charge in [0.1, 0.15) is 17.7 Å². The van der Waals surface area contributed by atoms with Gasteiger partial charge in [0.2, 0.25) is 0 Å². The molecule has 3 N–H and O–H groups in total. The quantitative estimate of drug-likeness (QED) is 0.399. The van der Waals surface area contributed by atoms with Crippen LogP contribution in [0.2, 0.25) is 0 Å². The number of nitrogens with one attached hydrogen (secondary N) is 1. The van der Waals surface area contributed by atoms with Crippen LogP contribution in [0.4, 0.5) is 0 Å². The minimum atomic E-state index is -0.0396. The number of nitrogens with two attached hydrogens (primary N) is 1. The lowest BCUT2D eigenvalue weighted by atomic mass is 10.0. The second-order valence-electron chi connectivity index (χ2n) is 11.1. The summed E-state index contributed by atoms with van der Waals surface area (Å²) in [6.07, 6.45) is 7.22. The first-order valence-corrected chi connectivity index (χ1v) is 13.7. The highest BCUT2D eigenvalue weighted by atomic mass is 15.5. The van der Waals surface area contributed by atoms with Gasteiger partial charge in [0, 0.05) is 29.4 Å². The summed E-state index contributed by atoms with van der Waals surface area (Å²) in [7, 11) is 0. The number of aromatic nitrogens is 3. The molecule has 4 heterocycles. The molecule has 7 nitrogen and oxygen atoms in total. The predicted molar refractivity (Wildman–Crippen MR) is 149 cm³/mol. The van der Waals surface area contributed by atoms with E-state index < -0.39 is 0 Å². The number of fused-ring (bicyclic) bond motifs is 2. The van der Waals surface area contributed by atoms with Crippen molar-refractivity contribution in [1.82, 2.24) is 19.4 Å². The zero-order valence-electron chi connectivity index (χ0n) is 21.5. The molecule has 37 heavy (non-hydrogen) atoms. The second kappa shape index (κ2) is 9.06. The molecule has 3 unspecified atom stereocenters. The zero-order chi connectivity index (χ0) is 24.9. The fourth-order valence-electron chi connectivity index (χ4n) is 6.25. The van der Waals surface area contributed by atoms with Crippen LogP contribution in [0, 0.1) is 11.8 Å². The highest BCUT2D eigenvalue weighted by Gasteiger charge is 2.39. The van der Waals surface area contributed by atoms with Gasteiger partial charge in [-0.3, -0.25) is 9.36 Å². The van der Waals surface area contributed by atoms with E-state index in [9.17, 15) is 0 Å². The van der Waals surface area contributed by atoms with E-state index >= 15 is 0 Å². The van der Waals surface area contributed by atoms with Crippen LogP contribution < -0.4 is 11.2 Å². The van der Waals surface area contributed by atoms with Gasteiger partial charge in [-0.15, -0.1) is 0 Å². The van der Waals surface area contributed by atoms with Crippen molar-refractivity contribution in [1.29, 1.82) is 0 Å². The van der Waals surface area contributed by atoms with Crippen molar-refractivity contribution >= 4 is 16.7 Å². The highest BCUT2D eigenvalue weighted by Crippen LogP contribution is 2.43. The number of nitrogens with zero attached hydrogens (tertiary/aromatic N) is 5. The maximum atomic E-state index is 6.54. The lowest BCUT2D eigenvalue weighted by Crippen LogP contribution is -2.37. The molecule has 2 aliphatic heterocycles. The van der Waals surface area contributed by atoms with E-state index in [0.29, 0.717) is 5.84 Å². The maximum absolute atomic E-state index is 6.54. The Labute approximate surface area is 217 Å². The van der Waals surface area contributed by atoms with Crippen molar-refractivity contribution < 1.29 is 0 Å². The molecule has 7 heteroatoms. The van der Waals surface area contributed by atoms with Crippen LogP contribution in [-0.4, -0.2) is 51.0 Å². The Bertz CT molecular complexity index is 1460. The molecule has 0 radical (unpaired) electrons. The van der Waals surface area contributed by atoms with Crippen LogP contribution in [0.15, 0.2) is 65.8 Å². The van der Waals surface area contributed by atoms with E-state index in [-0.39, 0.29) is 6.17 Å². The lowest BCUT2D eigenvalue weighted by molar-refractivity contribution is 0.316. The van der Waals surface area contributed by atoms with Crippen molar-refractivity contribution in [3.8, 4) is 11.1 Å². The van der Waals surface area contributed by atoms with Gasteiger partial charge in [0.15, 0.2) is 0 Å². The van der Waals surface area contributed by atoms with E-state index in [1.165, 1.54) is 50.2 Å². The standard InChI is InChI=1S/C30H35N7/c1-20-32-30(31)29-27(16-26(37(29)33-20)14-24-13-25(24)18-35-11-5-6-12-35)22-9-10-23-19-36(34-28(23)15-22)17-21-7-3-2-4-8-21/h2-4,7-10,15-16,19-20,24-25,33H,5-6,11-14,17-18H2,1H3,(H2,31,32). The van der Waals surface area contributed by atoms with E-state index in [2.05, 4.69) is 81.6 Å². The van der Waals surface area contributed by atoms with Crippen LogP contribution in [0.5, 0.6) is 0 Å². The molecule has 0 spiro atoms. The molecule has 3 aliphatic rings. The van der Waals surface area contributed by atoms with E-state index in [1.807, 2.05) is 10.7 Å². The molecular weight excluding hydrogens is 458 g/mol. The third-order valence-corrected chi connectivity index (χ3v) is 8.25. The number of hydrogen-bond donors (Lipinski definition) is 2. The van der Waals surface area contributed by atoms with Crippen LogP contribution in [0.3, 0.4) is 0 Å². The summed E-state index contributed by atoms with van der Waals surface area (Å²) >= 11 is 0. The first-order chi connectivity index (χ1) is 18.1. The minimum absolute atomic E-state index is 0.0396. The SMILES string of the molecule is CC1N=C(N)c2c(-c3ccc4cn(Cc5ccccc5)nc4c3)cc(CC3CC3CN3CCCC3)n2N1. The van der Waals surface area contributed by atoms with Crippen LogP contribution >= 0.6 is 0 Å². The molecule has 7 rings (SSSR count). The number of amidine groups is 1. The highest BCUT2D eigenvalue weighted by molar-refractivity contribution is 6.04. The predicted octanol–water partition coefficient (Wildman–Crippen LogP) is 4.44. The maximum Gasteiger partial charge on any atom is 0.147 e. The van der Waals surface area contributed by atoms with Crippen molar-refractivity contribution in [2.45, 2.75) is 45.3 Å². The number of rotatable bonds is 7. The van der Waals surface area contributed by atoms with E-state index in [1.54, 1.807) is 0 Å². The van der Waals surface area contributed by atoms with Crippen molar-refractivity contribution in [3.05, 3.63) is 77.7 Å². The Hall–Kier alpha value is -3.58. The third-order valence-electron chi connectivity index (χ3n) is 8.25. The molecule has 2 aromatic heterocycles. The summed E-state index contributed by atoms with van der Waals surface area (Å²) < 4.78 is 4.24. The molecular formula is C30H35N7. The average molecular weight is 494 g/mol. The number of benzene rings is 2. The van der Waals surface area contributed by atoms with Gasteiger partial charge < -0.3 is 16.1 Å². The average Bonchev–Trinajstić information content (AvgIpc) is 3.23. The van der Waals surface area contributed by atoms with Gasteiger partial charge in [0.05, 0.1) is 12.1 Å². The normalized spacial score (nSPS) is 23.2. The lowest BCUT2D eigenvalue weighted by Gasteiger charge is -2.24. The molecule has 0 amide bonds. The molecule has 1 saturated carbocycles. The van der Waals surface area contributed by atoms with Crippen molar-refractivity contribution in [2.24, 2.45) is 22.6 Å². The first kappa shape index (κ1) is 22.6. The third kappa shape index (κ3) is 4.42. The Morgan fingerprint density at radius 2 is 1.86 bits per heavy atom. The second-order valence-corrected chi connectivity index (χ2v) is 11.1. The molecule has 0 bridgehead atoms. The molecule has 1 saturated heterocycles. The zero-order valence-corrected chi connectivity index (χ0v) is 21.5. The summed E-state index contributed by atoms with van der Waals surface area (Å²) in [6, 6.07) is 19.3. The minimum Gasteiger partial charge on any atom is -0.382 e. The van der Waals surface area contributed by atoms with Crippen molar-refractivity contribution in [3.63, 3.8) is 0 Å². The number of aliphatic imine (C=N–C) groups is 1. The monoisotopic (exact) mass is 493 g/mol. The summed E-state index contributed by atoms with van der Waals surface area (Å²) in [6.45, 7) is 6.64. The van der Waals surface area contributed by atoms with Crippen LogP contribution in [0.1, 0.15) is 43.1 Å². The molecule has 2 fully saturated rings. The topological polar surface area (TPSA) is 76.4 Å². The summed E-state index contributed by atoms with van der Waals surface area (Å²) in [4.78, 5) is 7.30.